The van der Waals surface area contributed by atoms with Crippen molar-refractivity contribution in [2.45, 2.75) is 0 Å². The monoisotopic (exact) mass is 322 g/mol. The molecule has 8 nitrogen and oxygen atoms in total. The van der Waals surface area contributed by atoms with Crippen molar-refractivity contribution in [2.75, 3.05) is 12.0 Å². The average molecular weight is 322 g/mol. The summed E-state index contributed by atoms with van der Waals surface area (Å²) in [5.74, 6) is -1.51. The highest BCUT2D eigenvalue weighted by Crippen LogP contribution is 2.31. The van der Waals surface area contributed by atoms with Gasteiger partial charge in [0.25, 0.3) is 11.8 Å². The minimum atomic E-state index is -0.518. The first kappa shape index (κ1) is 15.3. The highest BCUT2D eigenvalue weighted by atomic mass is 16.5. The van der Waals surface area contributed by atoms with Gasteiger partial charge < -0.3 is 4.74 Å². The van der Waals surface area contributed by atoms with Gasteiger partial charge in [-0.15, -0.1) is 0 Å². The Balaban J connectivity index is 1.98. The molecule has 118 valence electrons. The summed E-state index contributed by atoms with van der Waals surface area (Å²) < 4.78 is 4.60. The number of nitrogens with zero attached hydrogens (tertiary/aromatic N) is 4. The molecular formula is C16H10N4O4. The van der Waals surface area contributed by atoms with Gasteiger partial charge in [-0.05, 0) is 41.9 Å². The average Bonchev–Trinajstić information content (AvgIpc) is 2.85. The SMILES string of the molecule is COC(=O)c1ccc(N2C(=O)c3ccc(N=[N+]=[N-])cc3C2=O)cc1. The molecule has 2 aromatic rings. The van der Waals surface area contributed by atoms with Crippen molar-refractivity contribution in [3.8, 4) is 0 Å². The van der Waals surface area contributed by atoms with E-state index in [1.165, 1.54) is 49.6 Å². The number of azide groups is 1. The molecule has 1 aliphatic rings. The Morgan fingerprint density at radius 1 is 1.08 bits per heavy atom. The Labute approximate surface area is 135 Å². The molecule has 24 heavy (non-hydrogen) atoms. The Kier molecular flexibility index (Phi) is 3.73. The number of benzene rings is 2. The van der Waals surface area contributed by atoms with Gasteiger partial charge in [0.15, 0.2) is 0 Å². The van der Waals surface area contributed by atoms with Crippen LogP contribution in [0.25, 0.3) is 10.4 Å². The molecule has 2 amide bonds. The molecule has 0 atom stereocenters. The number of hydrogen-bond acceptors (Lipinski definition) is 5. The molecule has 1 aliphatic heterocycles. The summed E-state index contributed by atoms with van der Waals surface area (Å²) in [7, 11) is 1.27. The van der Waals surface area contributed by atoms with Crippen molar-refractivity contribution in [2.24, 2.45) is 5.11 Å². The van der Waals surface area contributed by atoms with Crippen LogP contribution in [0.1, 0.15) is 31.1 Å². The Bertz CT molecular complexity index is 914. The van der Waals surface area contributed by atoms with E-state index in [0.29, 0.717) is 11.3 Å². The fourth-order valence-corrected chi connectivity index (χ4v) is 2.44. The highest BCUT2D eigenvalue weighted by molar-refractivity contribution is 6.34. The van der Waals surface area contributed by atoms with Crippen molar-refractivity contribution in [3.05, 3.63) is 69.6 Å². The van der Waals surface area contributed by atoms with Crippen LogP contribution in [-0.4, -0.2) is 24.9 Å². The third-order valence-corrected chi connectivity index (χ3v) is 3.58. The van der Waals surface area contributed by atoms with Crippen molar-refractivity contribution >= 4 is 29.2 Å². The zero-order valence-corrected chi connectivity index (χ0v) is 12.5. The molecule has 0 bridgehead atoms. The molecule has 0 aromatic heterocycles. The molecule has 0 unspecified atom stereocenters. The van der Waals surface area contributed by atoms with Crippen LogP contribution in [0, 0.1) is 0 Å². The zero-order chi connectivity index (χ0) is 17.3. The number of methoxy groups -OCH3 is 1. The number of rotatable bonds is 3. The molecule has 0 spiro atoms. The Morgan fingerprint density at radius 3 is 2.38 bits per heavy atom. The second kappa shape index (κ2) is 5.86. The zero-order valence-electron chi connectivity index (χ0n) is 12.5. The van der Waals surface area contributed by atoms with Gasteiger partial charge in [0.2, 0.25) is 0 Å². The minimum absolute atomic E-state index is 0.168. The summed E-state index contributed by atoms with van der Waals surface area (Å²) in [5.41, 5.74) is 9.76. The number of anilines is 1. The van der Waals surface area contributed by atoms with Gasteiger partial charge in [-0.25, -0.2) is 9.69 Å². The van der Waals surface area contributed by atoms with E-state index in [2.05, 4.69) is 14.8 Å². The van der Waals surface area contributed by atoms with E-state index in [1.54, 1.807) is 0 Å². The minimum Gasteiger partial charge on any atom is -0.465 e. The molecule has 0 saturated heterocycles. The van der Waals surface area contributed by atoms with Gasteiger partial charge in [-0.1, -0.05) is 11.2 Å². The van der Waals surface area contributed by atoms with Gasteiger partial charge in [0.1, 0.15) is 0 Å². The van der Waals surface area contributed by atoms with Crippen LogP contribution in [0.2, 0.25) is 0 Å². The quantitative estimate of drug-likeness (QED) is 0.284. The van der Waals surface area contributed by atoms with E-state index in [1.807, 2.05) is 0 Å². The van der Waals surface area contributed by atoms with E-state index in [0.717, 1.165) is 4.90 Å². The van der Waals surface area contributed by atoms with Gasteiger partial charge in [0, 0.05) is 10.6 Å². The summed E-state index contributed by atoms with van der Waals surface area (Å²) in [5, 5.41) is 3.43. The molecule has 0 fully saturated rings. The van der Waals surface area contributed by atoms with Crippen LogP contribution in [0.15, 0.2) is 47.6 Å². The first-order chi connectivity index (χ1) is 11.6. The molecule has 0 N–H and O–H groups in total. The van der Waals surface area contributed by atoms with E-state index >= 15 is 0 Å². The van der Waals surface area contributed by atoms with E-state index in [4.69, 9.17) is 5.53 Å². The molecular weight excluding hydrogens is 312 g/mol. The summed E-state index contributed by atoms with van der Waals surface area (Å²) in [6.07, 6.45) is 0. The molecule has 2 aromatic carbocycles. The van der Waals surface area contributed by atoms with Gasteiger partial charge >= 0.3 is 5.97 Å². The summed E-state index contributed by atoms with van der Waals surface area (Å²) in [6.45, 7) is 0. The molecule has 0 aliphatic carbocycles. The smallest absolute Gasteiger partial charge is 0.337 e. The first-order valence-corrected chi connectivity index (χ1v) is 6.83. The van der Waals surface area contributed by atoms with Crippen LogP contribution in [0.5, 0.6) is 0 Å². The van der Waals surface area contributed by atoms with Crippen LogP contribution in [0.4, 0.5) is 11.4 Å². The highest BCUT2D eigenvalue weighted by Gasteiger charge is 2.36. The van der Waals surface area contributed by atoms with E-state index in [-0.39, 0.29) is 16.8 Å². The predicted molar refractivity (Wildman–Crippen MR) is 84.2 cm³/mol. The molecule has 0 radical (unpaired) electrons. The van der Waals surface area contributed by atoms with Crippen LogP contribution < -0.4 is 4.90 Å². The van der Waals surface area contributed by atoms with Crippen LogP contribution in [-0.2, 0) is 4.74 Å². The number of carbonyl (C=O) groups excluding carboxylic acids is 3. The van der Waals surface area contributed by atoms with Crippen molar-refractivity contribution < 1.29 is 19.1 Å². The topological polar surface area (TPSA) is 112 Å². The van der Waals surface area contributed by atoms with Crippen molar-refractivity contribution in [1.29, 1.82) is 0 Å². The van der Waals surface area contributed by atoms with E-state index < -0.39 is 17.8 Å². The Morgan fingerprint density at radius 2 is 1.75 bits per heavy atom. The van der Waals surface area contributed by atoms with Crippen LogP contribution in [0.3, 0.4) is 0 Å². The normalized spacial score (nSPS) is 12.6. The largest absolute Gasteiger partial charge is 0.465 e. The van der Waals surface area contributed by atoms with Gasteiger partial charge in [-0.2, -0.15) is 0 Å². The number of fused-ring (bicyclic) bond motifs is 1. The summed E-state index contributed by atoms with van der Waals surface area (Å²) in [6, 6.07) is 10.2. The third kappa shape index (κ3) is 2.37. The number of amides is 2. The second-order valence-corrected chi connectivity index (χ2v) is 4.90. The van der Waals surface area contributed by atoms with Crippen molar-refractivity contribution in [3.63, 3.8) is 0 Å². The lowest BCUT2D eigenvalue weighted by Gasteiger charge is -2.14. The fourth-order valence-electron chi connectivity index (χ4n) is 2.44. The number of hydrogen-bond donors (Lipinski definition) is 0. The second-order valence-electron chi connectivity index (χ2n) is 4.90. The van der Waals surface area contributed by atoms with E-state index in [9.17, 15) is 14.4 Å². The van der Waals surface area contributed by atoms with Gasteiger partial charge in [-0.3, -0.25) is 9.59 Å². The molecule has 8 heteroatoms. The lowest BCUT2D eigenvalue weighted by molar-refractivity contribution is 0.0600. The number of esters is 1. The lowest BCUT2D eigenvalue weighted by atomic mass is 10.1. The number of ether oxygens (including phenoxy) is 1. The standard InChI is InChI=1S/C16H10N4O4/c1-24-16(23)9-2-5-11(6-3-9)20-14(21)12-7-4-10(18-19-17)8-13(12)15(20)22/h2-8H,1H3. The molecule has 3 rings (SSSR count). The summed E-state index contributed by atoms with van der Waals surface area (Å²) in [4.78, 5) is 40.1. The van der Waals surface area contributed by atoms with Gasteiger partial charge in [0.05, 0.1) is 29.5 Å². The third-order valence-electron chi connectivity index (χ3n) is 3.58. The number of imide groups is 1. The maximum Gasteiger partial charge on any atom is 0.337 e. The molecule has 1 heterocycles. The fraction of sp³-hybridized carbons (Fsp3) is 0.0625. The predicted octanol–water partition coefficient (Wildman–Crippen LogP) is 3.22. The lowest BCUT2D eigenvalue weighted by Crippen LogP contribution is -2.29. The maximum atomic E-state index is 12.5. The maximum absolute atomic E-state index is 12.5. The summed E-state index contributed by atoms with van der Waals surface area (Å²) >= 11 is 0. The molecule has 0 saturated carbocycles. The van der Waals surface area contributed by atoms with Crippen LogP contribution >= 0.6 is 0 Å². The van der Waals surface area contributed by atoms with Crippen molar-refractivity contribution in [1.82, 2.24) is 0 Å². The first-order valence-electron chi connectivity index (χ1n) is 6.83. The Hall–Kier alpha value is -3.64. The number of carbonyl (C=O) groups is 3.